The van der Waals surface area contributed by atoms with Gasteiger partial charge in [-0.2, -0.15) is 0 Å². The Hall–Kier alpha value is -4.19. The van der Waals surface area contributed by atoms with Gasteiger partial charge in [-0.1, -0.05) is 168 Å². The lowest BCUT2D eigenvalue weighted by Crippen LogP contribution is -2.30. The largest absolute Gasteiger partial charge is 0.462 e. The molecule has 0 aliphatic carbocycles. The molecule has 0 aromatic rings. The molecule has 0 bridgehead atoms. The predicted molar refractivity (Wildman–Crippen MR) is 237 cm³/mol. The van der Waals surface area contributed by atoms with Crippen LogP contribution in [0.3, 0.4) is 0 Å². The van der Waals surface area contributed by atoms with Crippen molar-refractivity contribution in [2.45, 2.75) is 162 Å². The highest BCUT2D eigenvalue weighted by Crippen LogP contribution is 2.10. The van der Waals surface area contributed by atoms with Gasteiger partial charge in [0.15, 0.2) is 6.10 Å². The van der Waals surface area contributed by atoms with Crippen molar-refractivity contribution in [1.82, 2.24) is 0 Å². The van der Waals surface area contributed by atoms with Crippen molar-refractivity contribution < 1.29 is 28.6 Å². The molecule has 0 aliphatic rings. The first kappa shape index (κ1) is 51.8. The highest BCUT2D eigenvalue weighted by molar-refractivity contribution is 5.71. The SMILES string of the molecule is CC\C=C/C=C\C=C/C=C\C=C/CCCCCC(=O)OCC(COC(=O)CCCCC/C=C\C=C/CCCC)OC(=O)CCCC/C=C\C/C=C\C/C=C\CC. The third-order valence-electron chi connectivity index (χ3n) is 8.34. The summed E-state index contributed by atoms with van der Waals surface area (Å²) in [5.74, 6) is -1.05. The van der Waals surface area contributed by atoms with Gasteiger partial charge in [0.2, 0.25) is 0 Å². The first-order valence-corrected chi connectivity index (χ1v) is 21.6. The summed E-state index contributed by atoms with van der Waals surface area (Å²) in [6.45, 7) is 6.18. The maximum absolute atomic E-state index is 12.7. The lowest BCUT2D eigenvalue weighted by Gasteiger charge is -2.18. The van der Waals surface area contributed by atoms with Gasteiger partial charge < -0.3 is 14.2 Å². The molecule has 0 radical (unpaired) electrons. The summed E-state index contributed by atoms with van der Waals surface area (Å²) in [4.78, 5) is 37.6. The average Bonchev–Trinajstić information content (AvgIpc) is 3.19. The number of carbonyl (C=O) groups excluding carboxylic acids is 3. The molecule has 6 nitrogen and oxygen atoms in total. The summed E-state index contributed by atoms with van der Waals surface area (Å²) in [6, 6.07) is 0. The monoisotopic (exact) mass is 773 g/mol. The zero-order valence-electron chi connectivity index (χ0n) is 35.3. The number of ether oxygens (including phenoxy) is 3. The molecule has 0 saturated carbocycles. The van der Waals surface area contributed by atoms with Crippen molar-refractivity contribution in [3.05, 3.63) is 122 Å². The minimum Gasteiger partial charge on any atom is -0.462 e. The molecule has 312 valence electrons. The quantitative estimate of drug-likeness (QED) is 0.0207. The number of hydrogen-bond acceptors (Lipinski definition) is 6. The molecule has 6 heteroatoms. The molecule has 0 aromatic heterocycles. The van der Waals surface area contributed by atoms with Crippen LogP contribution in [-0.4, -0.2) is 37.2 Å². The van der Waals surface area contributed by atoms with Crippen molar-refractivity contribution in [2.24, 2.45) is 0 Å². The van der Waals surface area contributed by atoms with Crippen LogP contribution in [0.4, 0.5) is 0 Å². The Morgan fingerprint density at radius 2 is 0.786 bits per heavy atom. The number of hydrogen-bond donors (Lipinski definition) is 0. The molecule has 0 rings (SSSR count). The van der Waals surface area contributed by atoms with Crippen LogP contribution in [0.25, 0.3) is 0 Å². The summed E-state index contributed by atoms with van der Waals surface area (Å²) in [7, 11) is 0. The van der Waals surface area contributed by atoms with E-state index in [1.165, 1.54) is 12.8 Å². The second-order valence-corrected chi connectivity index (χ2v) is 13.6. The predicted octanol–water partition coefficient (Wildman–Crippen LogP) is 13.8. The third kappa shape index (κ3) is 41.0. The van der Waals surface area contributed by atoms with E-state index < -0.39 is 6.10 Å². The van der Waals surface area contributed by atoms with Crippen LogP contribution in [0.5, 0.6) is 0 Å². The molecule has 0 amide bonds. The van der Waals surface area contributed by atoms with Gasteiger partial charge in [0.25, 0.3) is 0 Å². The van der Waals surface area contributed by atoms with Gasteiger partial charge in [-0.05, 0) is 89.9 Å². The van der Waals surface area contributed by atoms with Gasteiger partial charge >= 0.3 is 17.9 Å². The maximum Gasteiger partial charge on any atom is 0.306 e. The Bertz CT molecular complexity index is 1260. The Balaban J connectivity index is 4.59. The van der Waals surface area contributed by atoms with Gasteiger partial charge in [0.1, 0.15) is 13.2 Å². The number of esters is 3. The second-order valence-electron chi connectivity index (χ2n) is 13.6. The molecule has 0 fully saturated rings. The molecule has 0 N–H and O–H groups in total. The minimum atomic E-state index is -0.827. The third-order valence-corrected chi connectivity index (χ3v) is 8.34. The van der Waals surface area contributed by atoms with Crippen LogP contribution in [0, 0.1) is 0 Å². The van der Waals surface area contributed by atoms with Crippen molar-refractivity contribution in [3.63, 3.8) is 0 Å². The van der Waals surface area contributed by atoms with Crippen LogP contribution in [-0.2, 0) is 28.6 Å². The zero-order valence-corrected chi connectivity index (χ0v) is 35.3. The smallest absolute Gasteiger partial charge is 0.306 e. The topological polar surface area (TPSA) is 78.9 Å². The Morgan fingerprint density at radius 3 is 1.32 bits per heavy atom. The highest BCUT2D eigenvalue weighted by Gasteiger charge is 2.19. The second kappa shape index (κ2) is 43.5. The van der Waals surface area contributed by atoms with Gasteiger partial charge in [-0.3, -0.25) is 14.4 Å². The Kier molecular flexibility index (Phi) is 40.3. The Morgan fingerprint density at radius 1 is 0.393 bits per heavy atom. The van der Waals surface area contributed by atoms with Crippen molar-refractivity contribution >= 4 is 17.9 Å². The summed E-state index contributed by atoms with van der Waals surface area (Å²) in [6.07, 6.45) is 59.0. The molecule has 0 heterocycles. The highest BCUT2D eigenvalue weighted by atomic mass is 16.6. The fraction of sp³-hybridized carbons (Fsp3) is 0.540. The van der Waals surface area contributed by atoms with Crippen molar-refractivity contribution in [2.75, 3.05) is 13.2 Å². The molecule has 1 unspecified atom stereocenters. The van der Waals surface area contributed by atoms with E-state index in [9.17, 15) is 14.4 Å². The molecule has 1 atom stereocenters. The van der Waals surface area contributed by atoms with Gasteiger partial charge in [0, 0.05) is 19.3 Å². The fourth-order valence-corrected chi connectivity index (χ4v) is 5.10. The number of unbranched alkanes of at least 4 members (excludes halogenated alkanes) is 10. The molecule has 0 aromatic carbocycles. The van der Waals surface area contributed by atoms with E-state index in [0.717, 1.165) is 96.3 Å². The summed E-state index contributed by atoms with van der Waals surface area (Å²) in [5, 5.41) is 0. The number of rotatable bonds is 36. The molecule has 0 spiro atoms. The van der Waals surface area contributed by atoms with E-state index in [-0.39, 0.29) is 37.5 Å². The van der Waals surface area contributed by atoms with Crippen LogP contribution in [0.1, 0.15) is 156 Å². The molecule has 56 heavy (non-hydrogen) atoms. The molecular weight excluding hydrogens is 697 g/mol. The van der Waals surface area contributed by atoms with Gasteiger partial charge in [-0.25, -0.2) is 0 Å². The summed E-state index contributed by atoms with van der Waals surface area (Å²) >= 11 is 0. The number of allylic oxidation sites excluding steroid dienone is 20. The lowest BCUT2D eigenvalue weighted by molar-refractivity contribution is -0.167. The van der Waals surface area contributed by atoms with E-state index in [4.69, 9.17) is 14.2 Å². The Labute approximate surface area is 342 Å². The van der Waals surface area contributed by atoms with Gasteiger partial charge in [0.05, 0.1) is 0 Å². The van der Waals surface area contributed by atoms with E-state index in [2.05, 4.69) is 93.7 Å². The molecular formula is C50H76O6. The first-order valence-electron chi connectivity index (χ1n) is 21.6. The van der Waals surface area contributed by atoms with Crippen LogP contribution >= 0.6 is 0 Å². The number of carbonyl (C=O) groups is 3. The summed E-state index contributed by atoms with van der Waals surface area (Å²) in [5.41, 5.74) is 0. The standard InChI is InChI=1S/C50H76O6/c1-4-7-10-13-16-19-22-24-25-26-29-31-34-37-40-43-49(52)55-46-47(45-54-48(51)42-39-36-33-30-27-21-18-15-12-9-6-3)56-50(53)44-41-38-35-32-28-23-20-17-14-11-8-5-2/h7-8,10-11,13,15-22,24-29,32,47H,4-6,9,12,14,23,30-31,33-46H2,1-3H3/b10-7-,11-8-,16-13-,18-15-,20-17-,22-19-,25-24-,27-21-,29-26-,32-28-. The summed E-state index contributed by atoms with van der Waals surface area (Å²) < 4.78 is 16.6. The minimum absolute atomic E-state index is 0.126. The van der Waals surface area contributed by atoms with Crippen LogP contribution < -0.4 is 0 Å². The van der Waals surface area contributed by atoms with Crippen LogP contribution in [0.2, 0.25) is 0 Å². The van der Waals surface area contributed by atoms with E-state index in [1.807, 2.05) is 48.6 Å². The average molecular weight is 773 g/mol. The van der Waals surface area contributed by atoms with E-state index in [0.29, 0.717) is 19.3 Å². The molecule has 0 saturated heterocycles. The van der Waals surface area contributed by atoms with E-state index >= 15 is 0 Å². The normalized spacial score (nSPS) is 13.3. The lowest BCUT2D eigenvalue weighted by atomic mass is 10.1. The molecule has 0 aliphatic heterocycles. The van der Waals surface area contributed by atoms with Crippen molar-refractivity contribution in [1.29, 1.82) is 0 Å². The van der Waals surface area contributed by atoms with Crippen molar-refractivity contribution in [3.8, 4) is 0 Å². The fourth-order valence-electron chi connectivity index (χ4n) is 5.10. The van der Waals surface area contributed by atoms with Gasteiger partial charge in [-0.15, -0.1) is 0 Å². The zero-order chi connectivity index (χ0) is 40.8. The maximum atomic E-state index is 12.7. The van der Waals surface area contributed by atoms with Crippen LogP contribution in [0.15, 0.2) is 122 Å². The first-order chi connectivity index (χ1) is 27.5. The van der Waals surface area contributed by atoms with E-state index in [1.54, 1.807) is 0 Å².